The molecule has 58 valence electrons. The van der Waals surface area contributed by atoms with Crippen LogP contribution in [0.25, 0.3) is 0 Å². The molecule has 0 radical (unpaired) electrons. The summed E-state index contributed by atoms with van der Waals surface area (Å²) < 4.78 is 4.66. The molecule has 0 fully saturated rings. The van der Waals surface area contributed by atoms with Crippen molar-refractivity contribution in [1.29, 1.82) is 0 Å². The first-order chi connectivity index (χ1) is 4.70. The lowest BCUT2D eigenvalue weighted by Gasteiger charge is -1.97. The molecule has 0 aliphatic rings. The van der Waals surface area contributed by atoms with Crippen molar-refractivity contribution < 1.29 is 9.53 Å². The first-order valence-corrected chi connectivity index (χ1v) is 3.30. The molecule has 0 aliphatic heterocycles. The van der Waals surface area contributed by atoms with E-state index in [1.54, 1.807) is 6.92 Å². The molecular formula is C5H9ClN2O2. The van der Waals surface area contributed by atoms with Gasteiger partial charge in [0.15, 0.2) is 0 Å². The lowest BCUT2D eigenvalue weighted by atomic mass is 10.7. The minimum atomic E-state index is -0.493. The van der Waals surface area contributed by atoms with Gasteiger partial charge in [-0.1, -0.05) is 0 Å². The third kappa shape index (κ3) is 4.14. The number of aliphatic imine (C=N–C) groups is 1. The van der Waals surface area contributed by atoms with E-state index in [1.807, 2.05) is 0 Å². The number of nitrogens with two attached hydrogens (primary N) is 1. The van der Waals surface area contributed by atoms with E-state index in [4.69, 9.17) is 17.3 Å². The molecule has 5 heteroatoms. The first-order valence-electron chi connectivity index (χ1n) is 2.76. The summed E-state index contributed by atoms with van der Waals surface area (Å²) in [5.41, 5.74) is 5.11. The fourth-order valence-electron chi connectivity index (χ4n) is 0.333. The molecule has 4 nitrogen and oxygen atoms in total. The van der Waals surface area contributed by atoms with Gasteiger partial charge < -0.3 is 10.5 Å². The fourth-order valence-corrected chi connectivity index (χ4v) is 0.393. The van der Waals surface area contributed by atoms with Gasteiger partial charge in [-0.25, -0.2) is 0 Å². The van der Waals surface area contributed by atoms with Crippen LogP contribution in [0, 0.1) is 0 Å². The Hall–Kier alpha value is -0.770. The van der Waals surface area contributed by atoms with Crippen LogP contribution in [0.3, 0.4) is 0 Å². The number of hydrogen-bond donors (Lipinski definition) is 1. The van der Waals surface area contributed by atoms with E-state index in [2.05, 4.69) is 9.73 Å². The highest BCUT2D eigenvalue weighted by molar-refractivity contribution is 6.27. The monoisotopic (exact) mass is 164 g/mol. The summed E-state index contributed by atoms with van der Waals surface area (Å²) in [7, 11) is 0. The Morgan fingerprint density at radius 1 is 1.80 bits per heavy atom. The number of alkyl halides is 1. The molecule has 10 heavy (non-hydrogen) atoms. The lowest BCUT2D eigenvalue weighted by molar-refractivity contribution is -0.115. The van der Waals surface area contributed by atoms with Crippen LogP contribution in [0.1, 0.15) is 6.92 Å². The predicted octanol–water partition coefficient (Wildman–Crippen LogP) is 0.103. The summed E-state index contributed by atoms with van der Waals surface area (Å²) in [5.74, 6) is -0.666. The number of carbonyl (C=O) groups excluding carboxylic acids is 1. The molecule has 0 saturated carbocycles. The van der Waals surface area contributed by atoms with Gasteiger partial charge in [-0.15, -0.1) is 11.6 Å². The third-order valence-electron chi connectivity index (χ3n) is 0.641. The summed E-state index contributed by atoms with van der Waals surface area (Å²) in [6.07, 6.45) is 0. The van der Waals surface area contributed by atoms with Crippen molar-refractivity contribution in [3.63, 3.8) is 0 Å². The molecule has 0 unspecified atom stereocenters. The van der Waals surface area contributed by atoms with Gasteiger partial charge in [0, 0.05) is 0 Å². The van der Waals surface area contributed by atoms with E-state index < -0.39 is 5.91 Å². The molecule has 0 rings (SSSR count). The highest BCUT2D eigenvalue weighted by Gasteiger charge is 1.96. The molecule has 0 saturated heterocycles. The molecule has 1 amide bonds. The maximum atomic E-state index is 10.4. The Morgan fingerprint density at radius 3 is 2.80 bits per heavy atom. The van der Waals surface area contributed by atoms with Crippen LogP contribution in [0.5, 0.6) is 0 Å². The fraction of sp³-hybridized carbons (Fsp3) is 0.600. The zero-order valence-electron chi connectivity index (χ0n) is 5.63. The molecule has 0 aromatic heterocycles. The number of ether oxygens (including phenoxy) is 1. The molecule has 0 spiro atoms. The van der Waals surface area contributed by atoms with Gasteiger partial charge in [0.2, 0.25) is 0 Å². The predicted molar refractivity (Wildman–Crippen MR) is 39.0 cm³/mol. The van der Waals surface area contributed by atoms with Gasteiger partial charge in [-0.2, -0.15) is 4.99 Å². The quantitative estimate of drug-likeness (QED) is 0.358. The normalized spacial score (nSPS) is 11.2. The highest BCUT2D eigenvalue weighted by Crippen LogP contribution is 1.82. The van der Waals surface area contributed by atoms with Crippen LogP contribution in [-0.4, -0.2) is 24.4 Å². The van der Waals surface area contributed by atoms with Gasteiger partial charge >= 0.3 is 0 Å². The Balaban J connectivity index is 3.77. The second-order valence-electron chi connectivity index (χ2n) is 1.41. The first kappa shape index (κ1) is 9.23. The number of amidine groups is 1. The summed E-state index contributed by atoms with van der Waals surface area (Å²) in [4.78, 5) is 13.7. The van der Waals surface area contributed by atoms with Gasteiger partial charge in [0.05, 0.1) is 6.61 Å². The Morgan fingerprint density at radius 2 is 2.40 bits per heavy atom. The van der Waals surface area contributed by atoms with E-state index in [0.29, 0.717) is 6.61 Å². The number of carbonyl (C=O) groups is 1. The van der Waals surface area contributed by atoms with E-state index >= 15 is 0 Å². The third-order valence-corrected chi connectivity index (χ3v) is 0.870. The lowest BCUT2D eigenvalue weighted by Crippen LogP contribution is -2.18. The van der Waals surface area contributed by atoms with Crippen LogP contribution in [0.15, 0.2) is 4.99 Å². The van der Waals surface area contributed by atoms with Crippen molar-refractivity contribution in [3.8, 4) is 0 Å². The molecule has 0 aromatic carbocycles. The molecule has 0 aliphatic carbocycles. The topological polar surface area (TPSA) is 64.7 Å². The number of rotatable bonds is 2. The molecule has 0 aromatic rings. The Kier molecular flexibility index (Phi) is 4.66. The summed E-state index contributed by atoms with van der Waals surface area (Å²) in [6, 6.07) is -0.131. The molecule has 0 heterocycles. The van der Waals surface area contributed by atoms with Crippen molar-refractivity contribution in [2.75, 3.05) is 12.5 Å². The summed E-state index contributed by atoms with van der Waals surface area (Å²) >= 11 is 5.13. The summed E-state index contributed by atoms with van der Waals surface area (Å²) in [6.45, 7) is 2.14. The van der Waals surface area contributed by atoms with Crippen molar-refractivity contribution in [3.05, 3.63) is 0 Å². The van der Waals surface area contributed by atoms with Crippen molar-refractivity contribution in [1.82, 2.24) is 0 Å². The zero-order chi connectivity index (χ0) is 7.98. The van der Waals surface area contributed by atoms with Crippen LogP contribution in [0.4, 0.5) is 0 Å². The number of nitrogens with zero attached hydrogens (tertiary/aromatic N) is 1. The SMILES string of the molecule is CCOC(N)=NC(=O)CCl. The van der Waals surface area contributed by atoms with Crippen LogP contribution < -0.4 is 5.73 Å². The van der Waals surface area contributed by atoms with Gasteiger partial charge in [0.1, 0.15) is 5.88 Å². The van der Waals surface area contributed by atoms with Crippen molar-refractivity contribution in [2.24, 2.45) is 10.7 Å². The smallest absolute Gasteiger partial charge is 0.289 e. The Bertz CT molecular complexity index is 147. The zero-order valence-corrected chi connectivity index (χ0v) is 6.39. The van der Waals surface area contributed by atoms with Crippen LogP contribution in [-0.2, 0) is 9.53 Å². The average molecular weight is 165 g/mol. The molecule has 0 bridgehead atoms. The maximum Gasteiger partial charge on any atom is 0.289 e. The largest absolute Gasteiger partial charge is 0.465 e. The van der Waals surface area contributed by atoms with E-state index in [9.17, 15) is 4.79 Å². The van der Waals surface area contributed by atoms with Gasteiger partial charge in [-0.05, 0) is 6.92 Å². The summed E-state index contributed by atoms with van der Waals surface area (Å²) in [5, 5.41) is 0. The standard InChI is InChI=1S/C5H9ClN2O2/c1-2-10-5(7)8-4(9)3-6/h2-3H2,1H3,(H2,7,8,9). The Labute approximate surface area is 64.0 Å². The number of amides is 1. The highest BCUT2D eigenvalue weighted by atomic mass is 35.5. The second-order valence-corrected chi connectivity index (χ2v) is 1.68. The van der Waals surface area contributed by atoms with Crippen molar-refractivity contribution in [2.45, 2.75) is 6.92 Å². The van der Waals surface area contributed by atoms with Crippen molar-refractivity contribution >= 4 is 23.5 Å². The minimum Gasteiger partial charge on any atom is -0.465 e. The second kappa shape index (κ2) is 5.05. The van der Waals surface area contributed by atoms with Crippen LogP contribution in [0.2, 0.25) is 0 Å². The number of halogens is 1. The number of hydrogen-bond acceptors (Lipinski definition) is 2. The van der Waals surface area contributed by atoms with E-state index in [1.165, 1.54) is 0 Å². The maximum absolute atomic E-state index is 10.4. The van der Waals surface area contributed by atoms with Gasteiger partial charge in [0.25, 0.3) is 11.9 Å². The van der Waals surface area contributed by atoms with E-state index in [0.717, 1.165) is 0 Å². The van der Waals surface area contributed by atoms with Crippen LogP contribution >= 0.6 is 11.6 Å². The molecule has 0 atom stereocenters. The molecular weight excluding hydrogens is 156 g/mol. The average Bonchev–Trinajstić information content (AvgIpc) is 1.88. The minimum absolute atomic E-state index is 0.131. The molecule has 2 N–H and O–H groups in total. The van der Waals surface area contributed by atoms with Gasteiger partial charge in [-0.3, -0.25) is 4.79 Å². The van der Waals surface area contributed by atoms with E-state index in [-0.39, 0.29) is 11.9 Å².